The fourth-order valence-electron chi connectivity index (χ4n) is 1.72. The van der Waals surface area contributed by atoms with Gasteiger partial charge in [0.1, 0.15) is 17.6 Å². The van der Waals surface area contributed by atoms with Crippen LogP contribution >= 0.6 is 0 Å². The fraction of sp³-hybridized carbons (Fsp3) is 0.500. The largest absolute Gasteiger partial charge is 0.497 e. The van der Waals surface area contributed by atoms with Crippen LogP contribution in [0.2, 0.25) is 0 Å². The lowest BCUT2D eigenvalue weighted by molar-refractivity contribution is 0.0258. The molecule has 0 aliphatic carbocycles. The fourth-order valence-corrected chi connectivity index (χ4v) is 1.72. The van der Waals surface area contributed by atoms with Crippen LogP contribution in [0.5, 0.6) is 11.5 Å². The van der Waals surface area contributed by atoms with E-state index in [2.05, 4.69) is 0 Å². The van der Waals surface area contributed by atoms with Crippen LogP contribution in [0.15, 0.2) is 18.2 Å². The lowest BCUT2D eigenvalue weighted by atomic mass is 10.1. The van der Waals surface area contributed by atoms with Gasteiger partial charge in [-0.05, 0) is 12.1 Å². The minimum atomic E-state index is 0.197. The van der Waals surface area contributed by atoms with Crippen molar-refractivity contribution in [2.75, 3.05) is 26.1 Å². The molecule has 1 fully saturated rings. The summed E-state index contributed by atoms with van der Waals surface area (Å²) in [5.74, 6) is 1.46. The number of benzene rings is 1. The van der Waals surface area contributed by atoms with E-state index in [1.165, 1.54) is 0 Å². The van der Waals surface area contributed by atoms with Crippen LogP contribution in [-0.2, 0) is 4.74 Å². The smallest absolute Gasteiger partial charge is 0.146 e. The first-order valence-electron chi connectivity index (χ1n) is 5.47. The Kier molecular flexibility index (Phi) is 3.51. The molecule has 1 saturated heterocycles. The van der Waals surface area contributed by atoms with E-state index in [1.807, 2.05) is 12.1 Å². The van der Waals surface area contributed by atoms with Crippen LogP contribution in [0.3, 0.4) is 0 Å². The van der Waals surface area contributed by atoms with E-state index < -0.39 is 0 Å². The molecule has 1 aromatic carbocycles. The van der Waals surface area contributed by atoms with Gasteiger partial charge in [0.25, 0.3) is 0 Å². The molecule has 0 unspecified atom stereocenters. The highest BCUT2D eigenvalue weighted by Crippen LogP contribution is 2.29. The first-order chi connectivity index (χ1) is 7.79. The summed E-state index contributed by atoms with van der Waals surface area (Å²) >= 11 is 0. The Morgan fingerprint density at radius 3 is 2.75 bits per heavy atom. The Morgan fingerprint density at radius 1 is 1.31 bits per heavy atom. The molecule has 0 bridgehead atoms. The Hall–Kier alpha value is -1.42. The molecule has 88 valence electrons. The number of nitrogen functional groups attached to an aromatic ring is 1. The van der Waals surface area contributed by atoms with Gasteiger partial charge >= 0.3 is 0 Å². The molecule has 0 spiro atoms. The maximum atomic E-state index is 5.85. The predicted octanol–water partition coefficient (Wildman–Crippen LogP) is 1.84. The van der Waals surface area contributed by atoms with Gasteiger partial charge in [0.05, 0.1) is 26.0 Å². The van der Waals surface area contributed by atoms with Crippen molar-refractivity contribution in [2.45, 2.75) is 18.9 Å². The molecule has 4 heteroatoms. The van der Waals surface area contributed by atoms with E-state index in [-0.39, 0.29) is 6.10 Å². The van der Waals surface area contributed by atoms with Crippen LogP contribution < -0.4 is 15.2 Å². The first kappa shape index (κ1) is 11.1. The summed E-state index contributed by atoms with van der Waals surface area (Å²) in [6, 6.07) is 5.45. The third kappa shape index (κ3) is 2.58. The van der Waals surface area contributed by atoms with Crippen molar-refractivity contribution in [3.8, 4) is 11.5 Å². The molecule has 1 aromatic rings. The molecule has 4 nitrogen and oxygen atoms in total. The summed E-state index contributed by atoms with van der Waals surface area (Å²) in [5.41, 5.74) is 6.50. The molecular weight excluding hydrogens is 206 g/mol. The zero-order valence-corrected chi connectivity index (χ0v) is 9.44. The third-order valence-corrected chi connectivity index (χ3v) is 2.68. The molecule has 0 aromatic heterocycles. The second-order valence-corrected chi connectivity index (χ2v) is 3.83. The van der Waals surface area contributed by atoms with E-state index in [4.69, 9.17) is 19.9 Å². The average Bonchev–Trinajstić information content (AvgIpc) is 2.33. The number of hydrogen-bond donors (Lipinski definition) is 1. The standard InChI is InChI=1S/C12H17NO3/c1-14-10-2-3-11(13)12(8-10)16-9-4-6-15-7-5-9/h2-3,8-9H,4-7,13H2,1H3. The van der Waals surface area contributed by atoms with E-state index in [0.717, 1.165) is 31.8 Å². The van der Waals surface area contributed by atoms with Crippen molar-refractivity contribution in [1.82, 2.24) is 0 Å². The van der Waals surface area contributed by atoms with Gasteiger partial charge in [-0.2, -0.15) is 0 Å². The van der Waals surface area contributed by atoms with Crippen molar-refractivity contribution < 1.29 is 14.2 Å². The Balaban J connectivity index is 2.06. The lowest BCUT2D eigenvalue weighted by Crippen LogP contribution is -2.26. The van der Waals surface area contributed by atoms with Gasteiger partial charge in [0, 0.05) is 18.9 Å². The van der Waals surface area contributed by atoms with E-state index in [1.54, 1.807) is 13.2 Å². The Bertz CT molecular complexity index is 348. The van der Waals surface area contributed by atoms with Crippen molar-refractivity contribution in [2.24, 2.45) is 0 Å². The molecule has 2 N–H and O–H groups in total. The topological polar surface area (TPSA) is 53.7 Å². The molecule has 1 aliphatic rings. The number of nitrogens with two attached hydrogens (primary N) is 1. The second-order valence-electron chi connectivity index (χ2n) is 3.83. The maximum Gasteiger partial charge on any atom is 0.146 e. The highest BCUT2D eigenvalue weighted by Gasteiger charge is 2.16. The van der Waals surface area contributed by atoms with Gasteiger partial charge in [0.2, 0.25) is 0 Å². The Morgan fingerprint density at radius 2 is 2.06 bits per heavy atom. The number of anilines is 1. The zero-order chi connectivity index (χ0) is 11.4. The molecule has 0 radical (unpaired) electrons. The van der Waals surface area contributed by atoms with Gasteiger partial charge in [0.15, 0.2) is 0 Å². The zero-order valence-electron chi connectivity index (χ0n) is 9.44. The molecule has 1 aliphatic heterocycles. The van der Waals surface area contributed by atoms with Crippen LogP contribution in [0.1, 0.15) is 12.8 Å². The van der Waals surface area contributed by atoms with Crippen LogP contribution in [-0.4, -0.2) is 26.4 Å². The van der Waals surface area contributed by atoms with Gasteiger partial charge < -0.3 is 19.9 Å². The van der Waals surface area contributed by atoms with Crippen LogP contribution in [0, 0.1) is 0 Å². The molecule has 2 rings (SSSR count). The molecule has 1 heterocycles. The number of rotatable bonds is 3. The minimum Gasteiger partial charge on any atom is -0.497 e. The molecule has 0 atom stereocenters. The highest BCUT2D eigenvalue weighted by molar-refractivity contribution is 5.55. The molecular formula is C12H17NO3. The molecule has 0 amide bonds. The average molecular weight is 223 g/mol. The van der Waals surface area contributed by atoms with E-state index >= 15 is 0 Å². The van der Waals surface area contributed by atoms with Crippen LogP contribution in [0.25, 0.3) is 0 Å². The summed E-state index contributed by atoms with van der Waals surface area (Å²) in [4.78, 5) is 0. The van der Waals surface area contributed by atoms with Crippen molar-refractivity contribution >= 4 is 5.69 Å². The van der Waals surface area contributed by atoms with Crippen molar-refractivity contribution in [3.63, 3.8) is 0 Å². The number of hydrogen-bond acceptors (Lipinski definition) is 4. The number of methoxy groups -OCH3 is 1. The molecule has 16 heavy (non-hydrogen) atoms. The van der Waals surface area contributed by atoms with Gasteiger partial charge in [-0.3, -0.25) is 0 Å². The normalized spacial score (nSPS) is 17.1. The predicted molar refractivity (Wildman–Crippen MR) is 61.9 cm³/mol. The lowest BCUT2D eigenvalue weighted by Gasteiger charge is -2.24. The third-order valence-electron chi connectivity index (χ3n) is 2.68. The number of ether oxygens (including phenoxy) is 3. The van der Waals surface area contributed by atoms with E-state index in [0.29, 0.717) is 11.4 Å². The van der Waals surface area contributed by atoms with Crippen LogP contribution in [0.4, 0.5) is 5.69 Å². The van der Waals surface area contributed by atoms with Crippen molar-refractivity contribution in [1.29, 1.82) is 0 Å². The minimum absolute atomic E-state index is 0.197. The summed E-state index contributed by atoms with van der Waals surface area (Å²) < 4.78 is 16.3. The quantitative estimate of drug-likeness (QED) is 0.794. The summed E-state index contributed by atoms with van der Waals surface area (Å²) in [7, 11) is 1.63. The first-order valence-corrected chi connectivity index (χ1v) is 5.47. The second kappa shape index (κ2) is 5.07. The maximum absolute atomic E-state index is 5.85. The SMILES string of the molecule is COc1ccc(N)c(OC2CCOCC2)c1. The van der Waals surface area contributed by atoms with Gasteiger partial charge in [-0.1, -0.05) is 0 Å². The van der Waals surface area contributed by atoms with Gasteiger partial charge in [-0.15, -0.1) is 0 Å². The molecule has 0 saturated carbocycles. The highest BCUT2D eigenvalue weighted by atomic mass is 16.5. The Labute approximate surface area is 95.3 Å². The van der Waals surface area contributed by atoms with Crippen molar-refractivity contribution in [3.05, 3.63) is 18.2 Å². The van der Waals surface area contributed by atoms with E-state index in [9.17, 15) is 0 Å². The summed E-state index contributed by atoms with van der Waals surface area (Å²) in [5, 5.41) is 0. The summed E-state index contributed by atoms with van der Waals surface area (Å²) in [6.07, 6.45) is 2.02. The van der Waals surface area contributed by atoms with Gasteiger partial charge in [-0.25, -0.2) is 0 Å². The summed E-state index contributed by atoms with van der Waals surface area (Å²) in [6.45, 7) is 1.52. The monoisotopic (exact) mass is 223 g/mol.